The molecule has 1 heterocycles. The summed E-state index contributed by atoms with van der Waals surface area (Å²) in [4.78, 5) is 4.08. The zero-order valence-electron chi connectivity index (χ0n) is 11.6. The molecule has 19 heavy (non-hydrogen) atoms. The van der Waals surface area contributed by atoms with E-state index in [2.05, 4.69) is 11.6 Å². The lowest BCUT2D eigenvalue weighted by molar-refractivity contribution is 0.228. The van der Waals surface area contributed by atoms with Crippen molar-refractivity contribution in [1.82, 2.24) is 4.98 Å². The van der Waals surface area contributed by atoms with Crippen LogP contribution >= 0.6 is 0 Å². The van der Waals surface area contributed by atoms with Crippen LogP contribution in [0.15, 0.2) is 54.5 Å². The smallest absolute Gasteiger partial charge is 0.213 e. The first-order valence-electron chi connectivity index (χ1n) is 5.89. The lowest BCUT2D eigenvalue weighted by Crippen LogP contribution is -1.97. The number of hydrogen-bond donors (Lipinski definition) is 0. The van der Waals surface area contributed by atoms with Gasteiger partial charge in [0, 0.05) is 13.2 Å². The molecule has 0 spiro atoms. The molecule has 0 amide bonds. The number of aromatic nitrogens is 1. The van der Waals surface area contributed by atoms with Crippen molar-refractivity contribution < 1.29 is 14.2 Å². The van der Waals surface area contributed by atoms with Crippen LogP contribution in [0.4, 0.5) is 0 Å². The minimum Gasteiger partial charge on any atom is -0.481 e. The highest BCUT2D eigenvalue weighted by atomic mass is 16.5. The Balaban J connectivity index is 2.78. The first-order chi connectivity index (χ1) is 9.23. The average Bonchev–Trinajstić information content (AvgIpc) is 2.46. The van der Waals surface area contributed by atoms with Gasteiger partial charge in [-0.25, -0.2) is 4.98 Å². The molecule has 4 nitrogen and oxygen atoms in total. The highest BCUT2D eigenvalue weighted by Gasteiger charge is 2.00. The van der Waals surface area contributed by atoms with E-state index in [9.17, 15) is 0 Å². The second-order valence-electron chi connectivity index (χ2n) is 3.69. The molecule has 1 aromatic heterocycles. The summed E-state index contributed by atoms with van der Waals surface area (Å²) >= 11 is 0. The maximum atomic E-state index is 5.71. The van der Waals surface area contributed by atoms with Crippen LogP contribution in [0.3, 0.4) is 0 Å². The van der Waals surface area contributed by atoms with E-state index < -0.39 is 0 Å². The molecule has 0 unspecified atom stereocenters. The summed E-state index contributed by atoms with van der Waals surface area (Å²) in [6.07, 6.45) is 7.09. The highest BCUT2D eigenvalue weighted by molar-refractivity contribution is 5.31. The van der Waals surface area contributed by atoms with Gasteiger partial charge in [-0.05, 0) is 30.7 Å². The van der Waals surface area contributed by atoms with E-state index >= 15 is 0 Å². The van der Waals surface area contributed by atoms with Crippen LogP contribution in [0, 0.1) is 0 Å². The molecule has 0 saturated heterocycles. The zero-order chi connectivity index (χ0) is 14.1. The van der Waals surface area contributed by atoms with Gasteiger partial charge >= 0.3 is 0 Å². The molecule has 0 aliphatic heterocycles. The van der Waals surface area contributed by atoms with Crippen LogP contribution in [0.2, 0.25) is 0 Å². The van der Waals surface area contributed by atoms with Gasteiger partial charge in [-0.2, -0.15) is 0 Å². The lowest BCUT2D eigenvalue weighted by Gasteiger charge is -2.08. The fourth-order valence-electron chi connectivity index (χ4n) is 1.36. The van der Waals surface area contributed by atoms with Gasteiger partial charge in [0.1, 0.15) is 11.5 Å². The standard InChI is InChI=1S/C15H19NO3/c1-5-12(11-17-3)9-13(6-2)19-14-7-8-15(18-4)16-10-14/h5-10H,1,11H2,2-4H3/b12-9+,13-6+. The van der Waals surface area contributed by atoms with E-state index in [0.29, 0.717) is 24.0 Å². The van der Waals surface area contributed by atoms with E-state index in [1.807, 2.05) is 19.1 Å². The van der Waals surface area contributed by atoms with Crippen molar-refractivity contribution in [2.75, 3.05) is 20.8 Å². The molecular weight excluding hydrogens is 242 g/mol. The molecule has 0 aliphatic carbocycles. The van der Waals surface area contributed by atoms with E-state index in [4.69, 9.17) is 14.2 Å². The molecule has 0 fully saturated rings. The molecule has 0 N–H and O–H groups in total. The minimum atomic E-state index is 0.491. The molecule has 4 heteroatoms. The number of rotatable bonds is 7. The molecule has 0 radical (unpaired) electrons. The molecule has 102 valence electrons. The second-order valence-corrected chi connectivity index (χ2v) is 3.69. The molecule has 0 aromatic carbocycles. The summed E-state index contributed by atoms with van der Waals surface area (Å²) in [6, 6.07) is 3.54. The summed E-state index contributed by atoms with van der Waals surface area (Å²) < 4.78 is 15.8. The van der Waals surface area contributed by atoms with Gasteiger partial charge in [0.25, 0.3) is 0 Å². The third kappa shape index (κ3) is 4.97. The van der Waals surface area contributed by atoms with Crippen molar-refractivity contribution in [3.8, 4) is 11.6 Å². The van der Waals surface area contributed by atoms with Crippen LogP contribution in [0.5, 0.6) is 11.6 Å². The van der Waals surface area contributed by atoms with Crippen LogP contribution in [0.1, 0.15) is 6.92 Å². The van der Waals surface area contributed by atoms with E-state index in [-0.39, 0.29) is 0 Å². The number of pyridine rings is 1. The zero-order valence-corrected chi connectivity index (χ0v) is 11.6. The molecule has 0 saturated carbocycles. The lowest BCUT2D eigenvalue weighted by atomic mass is 10.2. The van der Waals surface area contributed by atoms with E-state index in [0.717, 1.165) is 5.57 Å². The van der Waals surface area contributed by atoms with Crippen molar-refractivity contribution in [3.05, 3.63) is 54.5 Å². The fourth-order valence-corrected chi connectivity index (χ4v) is 1.36. The van der Waals surface area contributed by atoms with Crippen LogP contribution in [0.25, 0.3) is 0 Å². The van der Waals surface area contributed by atoms with Crippen molar-refractivity contribution in [2.45, 2.75) is 6.92 Å². The Morgan fingerprint density at radius 3 is 2.63 bits per heavy atom. The largest absolute Gasteiger partial charge is 0.481 e. The van der Waals surface area contributed by atoms with Gasteiger partial charge in [-0.3, -0.25) is 0 Å². The molecule has 1 aromatic rings. The van der Waals surface area contributed by atoms with Gasteiger partial charge in [-0.15, -0.1) is 0 Å². The van der Waals surface area contributed by atoms with Gasteiger partial charge in [0.2, 0.25) is 5.88 Å². The third-order valence-corrected chi connectivity index (χ3v) is 2.34. The van der Waals surface area contributed by atoms with Gasteiger partial charge in [0.15, 0.2) is 0 Å². The fraction of sp³-hybridized carbons (Fsp3) is 0.267. The first-order valence-corrected chi connectivity index (χ1v) is 5.89. The average molecular weight is 261 g/mol. The normalized spacial score (nSPS) is 12.2. The van der Waals surface area contributed by atoms with Crippen molar-refractivity contribution in [2.24, 2.45) is 0 Å². The molecule has 0 bridgehead atoms. The summed E-state index contributed by atoms with van der Waals surface area (Å²) in [5, 5.41) is 0. The van der Waals surface area contributed by atoms with Crippen LogP contribution < -0.4 is 9.47 Å². The SMILES string of the molecule is C=C/C(=C\C(=C/C)Oc1ccc(OC)nc1)COC. The maximum Gasteiger partial charge on any atom is 0.213 e. The summed E-state index contributed by atoms with van der Waals surface area (Å²) in [7, 11) is 3.21. The quantitative estimate of drug-likeness (QED) is 0.558. The predicted octanol–water partition coefficient (Wildman–Crippen LogP) is 3.13. The highest BCUT2D eigenvalue weighted by Crippen LogP contribution is 2.17. The molecule has 0 atom stereocenters. The third-order valence-electron chi connectivity index (χ3n) is 2.34. The molecular formula is C15H19NO3. The van der Waals surface area contributed by atoms with Crippen LogP contribution in [-0.2, 0) is 4.74 Å². The number of ether oxygens (including phenoxy) is 3. The maximum absolute atomic E-state index is 5.71. The Hall–Kier alpha value is -2.07. The summed E-state index contributed by atoms with van der Waals surface area (Å²) in [5.41, 5.74) is 0.942. The van der Waals surface area contributed by atoms with Crippen LogP contribution in [-0.4, -0.2) is 25.8 Å². The number of nitrogens with zero attached hydrogens (tertiary/aromatic N) is 1. The first kappa shape index (κ1) is 15.0. The van der Waals surface area contributed by atoms with Gasteiger partial charge < -0.3 is 14.2 Å². The number of hydrogen-bond acceptors (Lipinski definition) is 4. The molecule has 0 aliphatic rings. The van der Waals surface area contributed by atoms with Gasteiger partial charge in [-0.1, -0.05) is 12.7 Å². The Morgan fingerprint density at radius 2 is 2.16 bits per heavy atom. The monoisotopic (exact) mass is 261 g/mol. The Morgan fingerprint density at radius 1 is 1.37 bits per heavy atom. The predicted molar refractivity (Wildman–Crippen MR) is 75.3 cm³/mol. The number of allylic oxidation sites excluding steroid dienone is 2. The Bertz CT molecular complexity index is 461. The number of methoxy groups -OCH3 is 2. The second kappa shape index (κ2) is 8.11. The van der Waals surface area contributed by atoms with E-state index in [1.165, 1.54) is 0 Å². The van der Waals surface area contributed by atoms with Crippen molar-refractivity contribution >= 4 is 0 Å². The van der Waals surface area contributed by atoms with Crippen molar-refractivity contribution in [3.63, 3.8) is 0 Å². The minimum absolute atomic E-state index is 0.491. The molecule has 1 rings (SSSR count). The topological polar surface area (TPSA) is 40.6 Å². The van der Waals surface area contributed by atoms with E-state index in [1.54, 1.807) is 38.6 Å². The summed E-state index contributed by atoms with van der Waals surface area (Å²) in [5.74, 6) is 1.90. The Labute approximate surface area is 114 Å². The summed E-state index contributed by atoms with van der Waals surface area (Å²) in [6.45, 7) is 6.13. The Kier molecular flexibility index (Phi) is 6.39. The van der Waals surface area contributed by atoms with Crippen molar-refractivity contribution in [1.29, 1.82) is 0 Å². The van der Waals surface area contributed by atoms with Gasteiger partial charge in [0.05, 0.1) is 19.9 Å².